The van der Waals surface area contributed by atoms with Crippen molar-refractivity contribution in [1.82, 2.24) is 25.0 Å². The molecule has 9 heteroatoms. The quantitative estimate of drug-likeness (QED) is 0.573. The smallest absolute Gasteiger partial charge is 0.224 e. The van der Waals surface area contributed by atoms with Gasteiger partial charge in [0, 0.05) is 38.9 Å². The molecule has 0 spiro atoms. The van der Waals surface area contributed by atoms with Crippen molar-refractivity contribution in [2.45, 2.75) is 24.5 Å². The molecule has 2 amide bonds. The van der Waals surface area contributed by atoms with Crippen LogP contribution in [0.3, 0.4) is 0 Å². The number of piperidine rings is 1. The maximum Gasteiger partial charge on any atom is 0.224 e. The van der Waals surface area contributed by atoms with Crippen molar-refractivity contribution in [3.8, 4) is 0 Å². The van der Waals surface area contributed by atoms with Crippen molar-refractivity contribution >= 4 is 23.6 Å². The molecule has 2 aromatic rings. The first-order valence-electron chi connectivity index (χ1n) is 8.79. The predicted octanol–water partition coefficient (Wildman–Crippen LogP) is 1.60. The number of likely N-dealkylation sites (tertiary alicyclic amines) is 1. The SMILES string of the molecule is Cn1cnnc1SCCNC(=O)C1CCC(=O)N(Cc2cccc(F)c2)C1. The Morgan fingerprint density at radius 1 is 1.44 bits per heavy atom. The lowest BCUT2D eigenvalue weighted by atomic mass is 9.96. The highest BCUT2D eigenvalue weighted by molar-refractivity contribution is 7.99. The number of carbonyl (C=O) groups excluding carboxylic acids is 2. The first-order chi connectivity index (χ1) is 13.0. The number of thioether (sulfide) groups is 1. The van der Waals surface area contributed by atoms with Gasteiger partial charge in [-0.05, 0) is 24.1 Å². The predicted molar refractivity (Wildman–Crippen MR) is 99.3 cm³/mol. The van der Waals surface area contributed by atoms with Crippen LogP contribution in [0.5, 0.6) is 0 Å². The lowest BCUT2D eigenvalue weighted by molar-refractivity contribution is -0.138. The molecular formula is C18H22FN5O2S. The zero-order chi connectivity index (χ0) is 19.2. The monoisotopic (exact) mass is 391 g/mol. The fourth-order valence-corrected chi connectivity index (χ4v) is 3.74. The Kier molecular flexibility index (Phi) is 6.44. The molecule has 27 heavy (non-hydrogen) atoms. The van der Waals surface area contributed by atoms with E-state index >= 15 is 0 Å². The third kappa shape index (κ3) is 5.29. The molecule has 2 heterocycles. The first kappa shape index (κ1) is 19.3. The van der Waals surface area contributed by atoms with Gasteiger partial charge < -0.3 is 14.8 Å². The normalized spacial score (nSPS) is 17.2. The van der Waals surface area contributed by atoms with Gasteiger partial charge in [-0.2, -0.15) is 0 Å². The van der Waals surface area contributed by atoms with Crippen molar-refractivity contribution in [2.75, 3.05) is 18.8 Å². The van der Waals surface area contributed by atoms with Crippen LogP contribution in [0, 0.1) is 11.7 Å². The number of halogens is 1. The van der Waals surface area contributed by atoms with Gasteiger partial charge in [-0.15, -0.1) is 10.2 Å². The van der Waals surface area contributed by atoms with Gasteiger partial charge in [-0.3, -0.25) is 9.59 Å². The molecule has 144 valence electrons. The van der Waals surface area contributed by atoms with E-state index < -0.39 is 0 Å². The van der Waals surface area contributed by atoms with E-state index in [1.165, 1.54) is 23.9 Å². The highest BCUT2D eigenvalue weighted by Gasteiger charge is 2.30. The molecule has 1 fully saturated rings. The highest BCUT2D eigenvalue weighted by Crippen LogP contribution is 2.20. The molecule has 0 saturated carbocycles. The van der Waals surface area contributed by atoms with Crippen molar-refractivity contribution in [2.24, 2.45) is 13.0 Å². The number of aromatic nitrogens is 3. The van der Waals surface area contributed by atoms with Gasteiger partial charge >= 0.3 is 0 Å². The van der Waals surface area contributed by atoms with E-state index in [1.807, 2.05) is 11.6 Å². The van der Waals surface area contributed by atoms with Crippen LogP contribution < -0.4 is 5.32 Å². The number of amides is 2. The lowest BCUT2D eigenvalue weighted by Crippen LogP contribution is -2.45. The number of hydrogen-bond acceptors (Lipinski definition) is 5. The van der Waals surface area contributed by atoms with Crippen LogP contribution in [0.25, 0.3) is 0 Å². The van der Waals surface area contributed by atoms with E-state index in [1.54, 1.807) is 23.4 Å². The van der Waals surface area contributed by atoms with Gasteiger partial charge in [-0.1, -0.05) is 23.9 Å². The van der Waals surface area contributed by atoms with Crippen molar-refractivity contribution in [1.29, 1.82) is 0 Å². The van der Waals surface area contributed by atoms with E-state index in [0.717, 1.165) is 10.7 Å². The van der Waals surface area contributed by atoms with E-state index in [0.29, 0.717) is 38.2 Å². The van der Waals surface area contributed by atoms with Gasteiger partial charge in [-0.25, -0.2) is 4.39 Å². The molecule has 1 aliphatic heterocycles. The molecule has 1 aromatic heterocycles. The summed E-state index contributed by atoms with van der Waals surface area (Å²) in [7, 11) is 1.87. The third-order valence-corrected chi connectivity index (χ3v) is 5.47. The summed E-state index contributed by atoms with van der Waals surface area (Å²) in [4.78, 5) is 26.2. The molecule has 1 atom stereocenters. The summed E-state index contributed by atoms with van der Waals surface area (Å²) in [5.74, 6) is 0.0749. The number of benzene rings is 1. The molecule has 0 aliphatic carbocycles. The van der Waals surface area contributed by atoms with Crippen molar-refractivity contribution < 1.29 is 14.0 Å². The molecular weight excluding hydrogens is 369 g/mol. The minimum absolute atomic E-state index is 0.00106. The van der Waals surface area contributed by atoms with Gasteiger partial charge in [0.15, 0.2) is 5.16 Å². The molecule has 1 aliphatic rings. The molecule has 1 unspecified atom stereocenters. The number of aryl methyl sites for hydroxylation is 1. The van der Waals surface area contributed by atoms with Gasteiger partial charge in [0.1, 0.15) is 12.1 Å². The van der Waals surface area contributed by atoms with E-state index in [9.17, 15) is 14.0 Å². The van der Waals surface area contributed by atoms with E-state index in [2.05, 4.69) is 15.5 Å². The van der Waals surface area contributed by atoms with Gasteiger partial charge in [0.05, 0.1) is 5.92 Å². The Balaban J connectivity index is 1.47. The topological polar surface area (TPSA) is 80.1 Å². The van der Waals surface area contributed by atoms with Crippen LogP contribution in [-0.4, -0.2) is 50.3 Å². The second-order valence-electron chi connectivity index (χ2n) is 6.50. The maximum absolute atomic E-state index is 13.3. The highest BCUT2D eigenvalue weighted by atomic mass is 32.2. The summed E-state index contributed by atoms with van der Waals surface area (Å²) in [5.41, 5.74) is 0.726. The van der Waals surface area contributed by atoms with Crippen LogP contribution in [0.15, 0.2) is 35.7 Å². The van der Waals surface area contributed by atoms with Crippen LogP contribution in [0.1, 0.15) is 18.4 Å². The summed E-state index contributed by atoms with van der Waals surface area (Å²) in [6.07, 6.45) is 2.51. The first-order valence-corrected chi connectivity index (χ1v) is 9.78. The average molecular weight is 391 g/mol. The summed E-state index contributed by atoms with van der Waals surface area (Å²) in [6.45, 7) is 1.20. The molecule has 0 bridgehead atoms. The average Bonchev–Trinajstić information content (AvgIpc) is 3.05. The van der Waals surface area contributed by atoms with Crippen LogP contribution in [-0.2, 0) is 23.2 Å². The van der Waals surface area contributed by atoms with Gasteiger partial charge in [0.25, 0.3) is 0 Å². The standard InChI is InChI=1S/C18H22FN5O2S/c1-23-12-21-22-18(23)27-8-7-20-17(26)14-5-6-16(25)24(11-14)10-13-3-2-4-15(19)9-13/h2-4,9,12,14H,5-8,10-11H2,1H3,(H,20,26). The van der Waals surface area contributed by atoms with Crippen LogP contribution in [0.4, 0.5) is 4.39 Å². The largest absolute Gasteiger partial charge is 0.355 e. The summed E-state index contributed by atoms with van der Waals surface area (Å²) < 4.78 is 15.2. The zero-order valence-corrected chi connectivity index (χ0v) is 15.9. The van der Waals surface area contributed by atoms with Gasteiger partial charge in [0.2, 0.25) is 11.8 Å². The lowest BCUT2D eigenvalue weighted by Gasteiger charge is -2.32. The fourth-order valence-electron chi connectivity index (χ4n) is 3.00. The van der Waals surface area contributed by atoms with E-state index in [-0.39, 0.29) is 23.5 Å². The summed E-state index contributed by atoms with van der Waals surface area (Å²) in [5, 5.41) is 11.5. The number of rotatable bonds is 7. The second-order valence-corrected chi connectivity index (χ2v) is 7.57. The van der Waals surface area contributed by atoms with Crippen molar-refractivity contribution in [3.05, 3.63) is 42.0 Å². The second kappa shape index (κ2) is 8.98. The van der Waals surface area contributed by atoms with Crippen LogP contribution in [0.2, 0.25) is 0 Å². The molecule has 7 nitrogen and oxygen atoms in total. The van der Waals surface area contributed by atoms with Crippen LogP contribution >= 0.6 is 11.8 Å². The number of nitrogens with zero attached hydrogens (tertiary/aromatic N) is 4. The molecule has 0 radical (unpaired) electrons. The van der Waals surface area contributed by atoms with Crippen molar-refractivity contribution in [3.63, 3.8) is 0 Å². The minimum Gasteiger partial charge on any atom is -0.355 e. The minimum atomic E-state index is -0.327. The maximum atomic E-state index is 13.3. The molecule has 3 rings (SSSR count). The Morgan fingerprint density at radius 2 is 2.30 bits per heavy atom. The Morgan fingerprint density at radius 3 is 3.04 bits per heavy atom. The Hall–Kier alpha value is -2.42. The fraction of sp³-hybridized carbons (Fsp3) is 0.444. The Bertz CT molecular complexity index is 813. The Labute approximate surface area is 161 Å². The molecule has 1 saturated heterocycles. The number of nitrogens with one attached hydrogen (secondary N) is 1. The van der Waals surface area contributed by atoms with E-state index in [4.69, 9.17) is 0 Å². The summed E-state index contributed by atoms with van der Waals surface area (Å²) >= 11 is 1.52. The third-order valence-electron chi connectivity index (χ3n) is 4.44. The number of hydrogen-bond donors (Lipinski definition) is 1. The zero-order valence-electron chi connectivity index (χ0n) is 15.1. The number of carbonyl (C=O) groups is 2. The molecule has 1 N–H and O–H groups in total. The summed E-state index contributed by atoms with van der Waals surface area (Å²) in [6, 6.07) is 6.19. The molecule has 1 aromatic carbocycles.